The van der Waals surface area contributed by atoms with Gasteiger partial charge >= 0.3 is 0 Å². The van der Waals surface area contributed by atoms with Gasteiger partial charge in [-0.05, 0) is 25.5 Å². The second-order valence-electron chi connectivity index (χ2n) is 4.84. The Balaban J connectivity index is 3.15. The minimum Gasteiger partial charge on any atom is -0.313 e. The zero-order valence-corrected chi connectivity index (χ0v) is 13.5. The van der Waals surface area contributed by atoms with Crippen molar-refractivity contribution >= 4 is 28.9 Å². The molecular weight excluding hydrogens is 299 g/mol. The molecule has 112 valence electrons. The number of halogens is 2. The maximum absolute atomic E-state index is 11.2. The lowest BCUT2D eigenvalue weighted by molar-refractivity contribution is -0.385. The maximum atomic E-state index is 11.2. The molecule has 0 aliphatic carbocycles. The van der Waals surface area contributed by atoms with E-state index in [1.807, 2.05) is 6.92 Å². The lowest BCUT2D eigenvalue weighted by Gasteiger charge is -2.24. The van der Waals surface area contributed by atoms with Gasteiger partial charge in [0.15, 0.2) is 0 Å². The van der Waals surface area contributed by atoms with Gasteiger partial charge in [0.2, 0.25) is 0 Å². The Labute approximate surface area is 129 Å². The summed E-state index contributed by atoms with van der Waals surface area (Å²) in [5.74, 6) is -0.0123. The summed E-state index contributed by atoms with van der Waals surface area (Å²) in [5, 5.41) is 15.2. The van der Waals surface area contributed by atoms with E-state index in [-0.39, 0.29) is 22.7 Å². The van der Waals surface area contributed by atoms with E-state index in [2.05, 4.69) is 19.2 Å². The highest BCUT2D eigenvalue weighted by Gasteiger charge is 2.26. The van der Waals surface area contributed by atoms with E-state index in [0.29, 0.717) is 10.6 Å². The molecule has 0 amide bonds. The molecule has 2 atom stereocenters. The Hall–Kier alpha value is -0.840. The maximum Gasteiger partial charge on any atom is 0.274 e. The van der Waals surface area contributed by atoms with E-state index in [0.717, 1.165) is 19.4 Å². The number of nitrogens with one attached hydrogen (secondary N) is 1. The Morgan fingerprint density at radius 3 is 2.40 bits per heavy atom. The van der Waals surface area contributed by atoms with Crippen molar-refractivity contribution in [3.8, 4) is 0 Å². The molecule has 2 unspecified atom stereocenters. The first-order chi connectivity index (χ1) is 9.42. The summed E-state index contributed by atoms with van der Waals surface area (Å²) in [5.41, 5.74) is 0.656. The molecule has 0 aliphatic heterocycles. The number of nitrogens with zero attached hydrogens (tertiary/aromatic N) is 1. The summed E-state index contributed by atoms with van der Waals surface area (Å²) in [7, 11) is 0. The van der Waals surface area contributed by atoms with Crippen molar-refractivity contribution in [1.82, 2.24) is 5.32 Å². The molecular formula is C14H20Cl2N2O2. The van der Waals surface area contributed by atoms with Crippen molar-refractivity contribution in [2.45, 2.75) is 45.6 Å². The smallest absolute Gasteiger partial charge is 0.274 e. The number of hydrogen-bond acceptors (Lipinski definition) is 3. The summed E-state index contributed by atoms with van der Waals surface area (Å²) in [4.78, 5) is 10.8. The third kappa shape index (κ3) is 4.08. The normalized spacial score (nSPS) is 14.1. The molecule has 20 heavy (non-hydrogen) atoms. The first kappa shape index (κ1) is 17.2. The van der Waals surface area contributed by atoms with E-state index in [9.17, 15) is 10.1 Å². The van der Waals surface area contributed by atoms with Gasteiger partial charge in [0.1, 0.15) is 0 Å². The molecule has 0 saturated carbocycles. The molecule has 1 aromatic rings. The standard InChI is InChI=1S/C14H20Cl2N2O2/c1-4-6-17-13(5-2)9(3)10-7-11(15)12(16)8-14(10)18(19)20/h7-9,13,17H,4-6H2,1-3H3. The van der Waals surface area contributed by atoms with Crippen LogP contribution in [-0.4, -0.2) is 17.5 Å². The molecule has 1 N–H and O–H groups in total. The number of benzene rings is 1. The zero-order chi connectivity index (χ0) is 15.3. The predicted molar refractivity (Wildman–Crippen MR) is 83.9 cm³/mol. The molecule has 0 radical (unpaired) electrons. The lowest BCUT2D eigenvalue weighted by atomic mass is 9.90. The van der Waals surface area contributed by atoms with Gasteiger partial charge in [-0.3, -0.25) is 10.1 Å². The Morgan fingerprint density at radius 2 is 1.90 bits per heavy atom. The number of hydrogen-bond donors (Lipinski definition) is 1. The fraction of sp³-hybridized carbons (Fsp3) is 0.571. The second kappa shape index (κ2) is 7.81. The molecule has 0 aliphatic rings. The summed E-state index contributed by atoms with van der Waals surface area (Å²) < 4.78 is 0. The van der Waals surface area contributed by atoms with Crippen LogP contribution >= 0.6 is 23.2 Å². The van der Waals surface area contributed by atoms with Crippen LogP contribution in [0.3, 0.4) is 0 Å². The SMILES string of the molecule is CCCNC(CC)C(C)c1cc(Cl)c(Cl)cc1[N+](=O)[O-]. The highest BCUT2D eigenvalue weighted by molar-refractivity contribution is 6.42. The van der Waals surface area contributed by atoms with Crippen molar-refractivity contribution in [2.24, 2.45) is 0 Å². The first-order valence-electron chi connectivity index (χ1n) is 6.79. The Kier molecular flexibility index (Phi) is 6.72. The van der Waals surface area contributed by atoms with Crippen molar-refractivity contribution in [2.75, 3.05) is 6.54 Å². The van der Waals surface area contributed by atoms with Crippen LogP contribution in [0.25, 0.3) is 0 Å². The van der Waals surface area contributed by atoms with Crippen LogP contribution < -0.4 is 5.32 Å². The second-order valence-corrected chi connectivity index (χ2v) is 5.65. The lowest BCUT2D eigenvalue weighted by Crippen LogP contribution is -2.34. The fourth-order valence-electron chi connectivity index (χ4n) is 2.30. The highest BCUT2D eigenvalue weighted by atomic mass is 35.5. The largest absolute Gasteiger partial charge is 0.313 e. The van der Waals surface area contributed by atoms with Gasteiger partial charge in [-0.25, -0.2) is 0 Å². The summed E-state index contributed by atoms with van der Waals surface area (Å²) in [6.45, 7) is 7.01. The van der Waals surface area contributed by atoms with Crippen LogP contribution in [0.1, 0.15) is 45.1 Å². The van der Waals surface area contributed by atoms with Gasteiger partial charge in [0.25, 0.3) is 5.69 Å². The van der Waals surface area contributed by atoms with Crippen LogP contribution in [-0.2, 0) is 0 Å². The van der Waals surface area contributed by atoms with Crippen molar-refractivity contribution in [3.63, 3.8) is 0 Å². The molecule has 1 aromatic carbocycles. The molecule has 0 bridgehead atoms. The van der Waals surface area contributed by atoms with Gasteiger partial charge in [0, 0.05) is 23.6 Å². The van der Waals surface area contributed by atoms with Crippen LogP contribution in [0.5, 0.6) is 0 Å². The summed E-state index contributed by atoms with van der Waals surface area (Å²) in [6, 6.07) is 3.12. The van der Waals surface area contributed by atoms with E-state index >= 15 is 0 Å². The van der Waals surface area contributed by atoms with E-state index in [1.54, 1.807) is 6.07 Å². The predicted octanol–water partition coefficient (Wildman–Crippen LogP) is 4.78. The molecule has 0 fully saturated rings. The van der Waals surface area contributed by atoms with Crippen LogP contribution in [0.2, 0.25) is 10.0 Å². The average molecular weight is 319 g/mol. The summed E-state index contributed by atoms with van der Waals surface area (Å²) in [6.07, 6.45) is 1.91. The first-order valence-corrected chi connectivity index (χ1v) is 7.54. The van der Waals surface area contributed by atoms with Crippen molar-refractivity contribution < 1.29 is 4.92 Å². The third-order valence-electron chi connectivity index (χ3n) is 3.46. The van der Waals surface area contributed by atoms with Crippen molar-refractivity contribution in [1.29, 1.82) is 0 Å². The van der Waals surface area contributed by atoms with E-state index in [1.165, 1.54) is 6.07 Å². The van der Waals surface area contributed by atoms with Crippen LogP contribution in [0, 0.1) is 10.1 Å². The minimum atomic E-state index is -0.402. The Morgan fingerprint density at radius 1 is 1.30 bits per heavy atom. The van der Waals surface area contributed by atoms with E-state index < -0.39 is 4.92 Å². The number of nitro groups is 1. The number of nitro benzene ring substituents is 1. The summed E-state index contributed by atoms with van der Waals surface area (Å²) >= 11 is 11.9. The molecule has 0 saturated heterocycles. The van der Waals surface area contributed by atoms with Gasteiger partial charge in [-0.1, -0.05) is 44.0 Å². The van der Waals surface area contributed by atoms with Gasteiger partial charge in [-0.15, -0.1) is 0 Å². The topological polar surface area (TPSA) is 55.2 Å². The molecule has 4 nitrogen and oxygen atoms in total. The molecule has 0 heterocycles. The number of rotatable bonds is 7. The monoisotopic (exact) mass is 318 g/mol. The zero-order valence-electron chi connectivity index (χ0n) is 12.0. The fourth-order valence-corrected chi connectivity index (χ4v) is 2.63. The van der Waals surface area contributed by atoms with Gasteiger partial charge < -0.3 is 5.32 Å². The van der Waals surface area contributed by atoms with Gasteiger partial charge in [-0.2, -0.15) is 0 Å². The quantitative estimate of drug-likeness (QED) is 0.581. The molecule has 1 rings (SSSR count). The Bertz CT molecular complexity index is 480. The minimum absolute atomic E-state index is 0.0123. The van der Waals surface area contributed by atoms with Gasteiger partial charge in [0.05, 0.1) is 15.0 Å². The average Bonchev–Trinajstić information content (AvgIpc) is 2.41. The van der Waals surface area contributed by atoms with Crippen LogP contribution in [0.4, 0.5) is 5.69 Å². The molecule has 0 spiro atoms. The van der Waals surface area contributed by atoms with E-state index in [4.69, 9.17) is 23.2 Å². The molecule has 6 heteroatoms. The van der Waals surface area contributed by atoms with Crippen LogP contribution in [0.15, 0.2) is 12.1 Å². The third-order valence-corrected chi connectivity index (χ3v) is 4.18. The highest BCUT2D eigenvalue weighted by Crippen LogP contribution is 2.36. The molecule has 0 aromatic heterocycles. The van der Waals surface area contributed by atoms with Crippen molar-refractivity contribution in [3.05, 3.63) is 37.9 Å².